The molecule has 0 bridgehead atoms. The predicted molar refractivity (Wildman–Crippen MR) is 57.2 cm³/mol. The van der Waals surface area contributed by atoms with E-state index >= 15 is 0 Å². The predicted octanol–water partition coefficient (Wildman–Crippen LogP) is 1.01. The van der Waals surface area contributed by atoms with E-state index in [-0.39, 0.29) is 0 Å². The maximum Gasteiger partial charge on any atom is 0.207 e. The average molecular weight is 218 g/mol. The van der Waals surface area contributed by atoms with Gasteiger partial charge in [-0.2, -0.15) is 4.98 Å². The fraction of sp³-hybridized carbons (Fsp3) is 0.300. The van der Waals surface area contributed by atoms with Crippen molar-refractivity contribution >= 4 is 21.7 Å². The number of hydrogen-bond acceptors (Lipinski definition) is 5. The van der Waals surface area contributed by atoms with Crippen LogP contribution in [0.3, 0.4) is 0 Å². The van der Waals surface area contributed by atoms with Gasteiger partial charge in [0.05, 0.1) is 10.9 Å². The lowest BCUT2D eigenvalue weighted by molar-refractivity contribution is 0.143. The summed E-state index contributed by atoms with van der Waals surface area (Å²) >= 11 is 1.36. The summed E-state index contributed by atoms with van der Waals surface area (Å²) in [7, 11) is 0. The second-order valence-corrected chi connectivity index (χ2v) is 4.32. The first-order valence-electron chi connectivity index (χ1n) is 4.30. The zero-order valence-corrected chi connectivity index (χ0v) is 9.09. The van der Waals surface area contributed by atoms with E-state index in [1.165, 1.54) is 11.3 Å². The van der Waals surface area contributed by atoms with Gasteiger partial charge in [-0.3, -0.25) is 0 Å². The van der Waals surface area contributed by atoms with Crippen molar-refractivity contribution in [3.05, 3.63) is 17.5 Å². The molecule has 2 rings (SSSR count). The Morgan fingerprint density at radius 1 is 1.53 bits per heavy atom. The standard InChI is InChI=1S/C10H8N3OS/c1-10(2,14)4-3-8-11-5-7-9(13-8)12-6-15-7/h5,14H,1-2H3. The van der Waals surface area contributed by atoms with E-state index < -0.39 is 5.60 Å². The van der Waals surface area contributed by atoms with Gasteiger partial charge in [0.15, 0.2) is 11.2 Å². The molecule has 15 heavy (non-hydrogen) atoms. The molecule has 0 aliphatic rings. The second kappa shape index (κ2) is 3.57. The highest BCUT2D eigenvalue weighted by Gasteiger charge is 2.06. The maximum atomic E-state index is 9.40. The van der Waals surface area contributed by atoms with Crippen LogP contribution >= 0.6 is 11.3 Å². The molecule has 0 unspecified atom stereocenters. The fourth-order valence-corrected chi connectivity index (χ4v) is 1.42. The zero-order valence-electron chi connectivity index (χ0n) is 8.27. The third kappa shape index (κ3) is 2.49. The van der Waals surface area contributed by atoms with Gasteiger partial charge < -0.3 is 5.11 Å². The average Bonchev–Trinajstić information content (AvgIpc) is 2.60. The van der Waals surface area contributed by atoms with Crippen LogP contribution in [0.5, 0.6) is 0 Å². The molecule has 2 aromatic heterocycles. The monoisotopic (exact) mass is 218 g/mol. The number of hydrogen-bond donors (Lipinski definition) is 1. The molecule has 5 heteroatoms. The molecule has 0 aliphatic carbocycles. The second-order valence-electron chi connectivity index (χ2n) is 3.50. The Balaban J connectivity index is 2.39. The van der Waals surface area contributed by atoms with Crippen LogP contribution in [0.2, 0.25) is 0 Å². The first kappa shape index (κ1) is 10.0. The Bertz CT molecular complexity index is 545. The topological polar surface area (TPSA) is 58.9 Å². The molecule has 0 aliphatic heterocycles. The van der Waals surface area contributed by atoms with Crippen LogP contribution in [0.25, 0.3) is 10.3 Å². The molecule has 0 atom stereocenters. The smallest absolute Gasteiger partial charge is 0.207 e. The van der Waals surface area contributed by atoms with Crippen LogP contribution in [-0.2, 0) is 0 Å². The largest absolute Gasteiger partial charge is 0.378 e. The summed E-state index contributed by atoms with van der Waals surface area (Å²) in [6.07, 6.45) is 1.66. The summed E-state index contributed by atoms with van der Waals surface area (Å²) in [6.45, 7) is 3.21. The molecule has 0 aromatic carbocycles. The first-order valence-corrected chi connectivity index (χ1v) is 5.11. The lowest BCUT2D eigenvalue weighted by Gasteiger charge is -2.05. The minimum absolute atomic E-state index is 0.365. The Morgan fingerprint density at radius 3 is 3.07 bits per heavy atom. The summed E-state index contributed by atoms with van der Waals surface area (Å²) in [5.41, 5.74) is 2.29. The highest BCUT2D eigenvalue weighted by atomic mass is 32.1. The van der Waals surface area contributed by atoms with Gasteiger partial charge in [0, 0.05) is 0 Å². The molecular weight excluding hydrogens is 210 g/mol. The number of rotatable bonds is 0. The van der Waals surface area contributed by atoms with E-state index in [0.717, 1.165) is 4.70 Å². The first-order chi connectivity index (χ1) is 7.04. The summed E-state index contributed by atoms with van der Waals surface area (Å²) in [5.74, 6) is 5.70. The lowest BCUT2D eigenvalue weighted by Crippen LogP contribution is -2.14. The number of aliphatic hydroxyl groups is 1. The summed E-state index contributed by atoms with van der Waals surface area (Å²) < 4.78 is 0.879. The Morgan fingerprint density at radius 2 is 2.33 bits per heavy atom. The molecule has 0 spiro atoms. The minimum Gasteiger partial charge on any atom is -0.378 e. The van der Waals surface area contributed by atoms with Crippen LogP contribution in [0.15, 0.2) is 6.20 Å². The van der Waals surface area contributed by atoms with E-state index in [0.29, 0.717) is 11.5 Å². The minimum atomic E-state index is -1.04. The van der Waals surface area contributed by atoms with Crippen LogP contribution in [-0.4, -0.2) is 25.7 Å². The van der Waals surface area contributed by atoms with E-state index in [1.807, 2.05) is 0 Å². The highest BCUT2D eigenvalue weighted by Crippen LogP contribution is 2.12. The molecule has 0 amide bonds. The van der Waals surface area contributed by atoms with Gasteiger partial charge in [-0.15, -0.1) is 11.3 Å². The normalized spacial score (nSPS) is 11.1. The SMILES string of the molecule is CC(C)(O)C#Cc1ncc2s[c]nc2n1. The van der Waals surface area contributed by atoms with Crippen LogP contribution in [0, 0.1) is 17.4 Å². The van der Waals surface area contributed by atoms with Gasteiger partial charge in [-0.05, 0) is 19.8 Å². The number of aromatic nitrogens is 3. The summed E-state index contributed by atoms with van der Waals surface area (Å²) in [4.78, 5) is 12.1. The highest BCUT2D eigenvalue weighted by molar-refractivity contribution is 7.16. The molecule has 1 N–H and O–H groups in total. The Labute approximate surface area is 91.0 Å². The molecule has 1 radical (unpaired) electrons. The fourth-order valence-electron chi connectivity index (χ4n) is 0.898. The van der Waals surface area contributed by atoms with Crippen molar-refractivity contribution in [2.45, 2.75) is 19.4 Å². The molecule has 2 aromatic rings. The van der Waals surface area contributed by atoms with Gasteiger partial charge in [0.2, 0.25) is 5.82 Å². The van der Waals surface area contributed by atoms with Crippen molar-refractivity contribution in [1.29, 1.82) is 0 Å². The maximum absolute atomic E-state index is 9.40. The van der Waals surface area contributed by atoms with Crippen molar-refractivity contribution in [2.75, 3.05) is 0 Å². The van der Waals surface area contributed by atoms with E-state index in [4.69, 9.17) is 0 Å². The van der Waals surface area contributed by atoms with E-state index in [9.17, 15) is 5.11 Å². The van der Waals surface area contributed by atoms with Gasteiger partial charge in [-0.25, -0.2) is 9.97 Å². The van der Waals surface area contributed by atoms with Gasteiger partial charge >= 0.3 is 0 Å². The molecular formula is C10H8N3OS. The summed E-state index contributed by atoms with van der Waals surface area (Å²) in [6, 6.07) is 0. The number of thiazole rings is 1. The van der Waals surface area contributed by atoms with Crippen LogP contribution in [0.4, 0.5) is 0 Å². The molecule has 0 saturated carbocycles. The van der Waals surface area contributed by atoms with Gasteiger partial charge in [0.25, 0.3) is 0 Å². The third-order valence-corrected chi connectivity index (χ3v) is 2.21. The van der Waals surface area contributed by atoms with E-state index in [2.05, 4.69) is 32.3 Å². The molecule has 4 nitrogen and oxygen atoms in total. The van der Waals surface area contributed by atoms with Crippen molar-refractivity contribution < 1.29 is 5.11 Å². The van der Waals surface area contributed by atoms with Crippen molar-refractivity contribution in [3.8, 4) is 11.8 Å². The quantitative estimate of drug-likeness (QED) is 0.670. The molecule has 75 valence electrons. The van der Waals surface area contributed by atoms with Crippen molar-refractivity contribution in [3.63, 3.8) is 0 Å². The van der Waals surface area contributed by atoms with Crippen molar-refractivity contribution in [2.24, 2.45) is 0 Å². The third-order valence-electron chi connectivity index (χ3n) is 1.52. The Hall–Kier alpha value is -1.51. The summed E-state index contributed by atoms with van der Waals surface area (Å²) in [5, 5.41) is 9.40. The Kier molecular flexibility index (Phi) is 2.39. The zero-order chi connectivity index (χ0) is 10.9. The molecule has 2 heterocycles. The number of fused-ring (bicyclic) bond motifs is 1. The van der Waals surface area contributed by atoms with E-state index in [1.54, 1.807) is 20.0 Å². The molecule has 0 saturated heterocycles. The molecule has 0 fully saturated rings. The van der Waals surface area contributed by atoms with Crippen LogP contribution in [0.1, 0.15) is 19.7 Å². The van der Waals surface area contributed by atoms with Crippen LogP contribution < -0.4 is 0 Å². The van der Waals surface area contributed by atoms with Gasteiger partial charge in [-0.1, -0.05) is 5.92 Å². The van der Waals surface area contributed by atoms with Gasteiger partial charge in [0.1, 0.15) is 5.60 Å². The van der Waals surface area contributed by atoms with Crippen molar-refractivity contribution in [1.82, 2.24) is 15.0 Å². The lowest BCUT2D eigenvalue weighted by atomic mass is 10.1. The number of nitrogens with zero attached hydrogens (tertiary/aromatic N) is 3.